The smallest absolute Gasteiger partial charge is 0.303 e. The Labute approximate surface area is 233 Å². The molecule has 2 fully saturated rings. The molecule has 0 bridgehead atoms. The van der Waals surface area contributed by atoms with E-state index in [1.54, 1.807) is 0 Å². The predicted octanol–water partition coefficient (Wildman–Crippen LogP) is 1.20. The van der Waals surface area contributed by atoms with Gasteiger partial charge in [0.2, 0.25) is 12.1 Å². The zero-order chi connectivity index (χ0) is 28.8. The van der Waals surface area contributed by atoms with Crippen LogP contribution in [-0.2, 0) is 61.9 Å². The molecule has 0 amide bonds. The van der Waals surface area contributed by atoms with Crippen LogP contribution in [0.2, 0.25) is 0 Å². The molecule has 2 aliphatic rings. The van der Waals surface area contributed by atoms with Crippen LogP contribution in [-0.4, -0.2) is 102 Å². The largest absolute Gasteiger partial charge is 0.463 e. The van der Waals surface area contributed by atoms with Gasteiger partial charge in [-0.05, 0) is 0 Å². The fourth-order valence-corrected chi connectivity index (χ4v) is 4.83. The van der Waals surface area contributed by atoms with Gasteiger partial charge in [-0.25, -0.2) is 0 Å². The third kappa shape index (κ3) is 8.06. The van der Waals surface area contributed by atoms with Crippen LogP contribution in [0.1, 0.15) is 34.6 Å². The quantitative estimate of drug-likeness (QED) is 0.198. The Hall–Kier alpha value is -1.90. The van der Waals surface area contributed by atoms with Crippen molar-refractivity contribution in [3.8, 4) is 0 Å². The molecular weight excluding hydrogens is 579 g/mol. The first kappa shape index (κ1) is 32.3. The second kappa shape index (κ2) is 13.9. The maximum Gasteiger partial charge on any atom is 0.303 e. The summed E-state index contributed by atoms with van der Waals surface area (Å²) < 4.78 is 44.3. The summed E-state index contributed by atoms with van der Waals surface area (Å²) in [5.74, 6) is -6.59. The van der Waals surface area contributed by atoms with Crippen LogP contribution >= 0.6 is 34.8 Å². The van der Waals surface area contributed by atoms with Crippen LogP contribution in [0.3, 0.4) is 0 Å². The Kier molecular flexibility index (Phi) is 11.9. The zero-order valence-corrected chi connectivity index (χ0v) is 23.4. The average Bonchev–Trinajstić information content (AvgIpc) is 3.08. The van der Waals surface area contributed by atoms with E-state index in [0.717, 1.165) is 34.6 Å². The number of carbonyl (C=O) groups excluding carboxylic acids is 5. The van der Waals surface area contributed by atoms with E-state index in [1.165, 1.54) is 0 Å². The molecule has 0 saturated carbocycles. The van der Waals surface area contributed by atoms with Crippen molar-refractivity contribution in [2.75, 3.05) is 18.4 Å². The van der Waals surface area contributed by atoms with E-state index >= 15 is 0 Å². The summed E-state index contributed by atoms with van der Waals surface area (Å²) in [6.45, 7) is 5.18. The molecule has 9 atom stereocenters. The number of alkyl halides is 3. The Morgan fingerprint density at radius 1 is 0.737 bits per heavy atom. The molecule has 13 nitrogen and oxygen atoms in total. The summed E-state index contributed by atoms with van der Waals surface area (Å²) in [7, 11) is 0. The first-order valence-electron chi connectivity index (χ1n) is 11.3. The summed E-state index contributed by atoms with van der Waals surface area (Å²) in [6, 6.07) is 0. The first-order valence-corrected chi connectivity index (χ1v) is 12.8. The van der Waals surface area contributed by atoms with E-state index in [-0.39, 0.29) is 5.88 Å². The van der Waals surface area contributed by atoms with E-state index in [4.69, 9.17) is 72.7 Å². The average molecular weight is 608 g/mol. The lowest BCUT2D eigenvalue weighted by molar-refractivity contribution is -0.359. The molecule has 38 heavy (non-hydrogen) atoms. The zero-order valence-electron chi connectivity index (χ0n) is 21.2. The van der Waals surface area contributed by atoms with Crippen LogP contribution in [0.15, 0.2) is 0 Å². The topological polar surface area (TPSA) is 159 Å². The highest BCUT2D eigenvalue weighted by molar-refractivity contribution is 6.21. The van der Waals surface area contributed by atoms with Gasteiger partial charge in [-0.3, -0.25) is 24.0 Å². The molecule has 0 N–H and O–H groups in total. The summed E-state index contributed by atoms with van der Waals surface area (Å²) >= 11 is 18.8. The van der Waals surface area contributed by atoms with E-state index in [1.807, 2.05) is 0 Å². The molecule has 2 rings (SSSR count). The van der Waals surface area contributed by atoms with E-state index in [9.17, 15) is 24.0 Å². The standard InChI is InChI=1S/C22H29Cl3O13/c1-9(26)31-7-15-16(25)18(33-11(3)28)19(34-12(4)29)21(36-15)38-22(8-24)20(35-13(5)30)17(32-10(2)27)14(6-23)37-22/h14-21H,6-8H2,1-5H3/t14?,15?,16?,17-,18?,19?,20+,21?,22-/m0/s1. The van der Waals surface area contributed by atoms with Crippen molar-refractivity contribution in [2.45, 2.75) is 88.7 Å². The predicted molar refractivity (Wildman–Crippen MR) is 127 cm³/mol. The summed E-state index contributed by atoms with van der Waals surface area (Å²) in [5.41, 5.74) is 0. The van der Waals surface area contributed by atoms with Crippen molar-refractivity contribution in [3.63, 3.8) is 0 Å². The van der Waals surface area contributed by atoms with Gasteiger partial charge in [-0.1, -0.05) is 0 Å². The van der Waals surface area contributed by atoms with Crippen LogP contribution < -0.4 is 0 Å². The van der Waals surface area contributed by atoms with Gasteiger partial charge in [-0.15, -0.1) is 34.8 Å². The van der Waals surface area contributed by atoms with Crippen LogP contribution in [0.4, 0.5) is 0 Å². The first-order chi connectivity index (χ1) is 17.7. The van der Waals surface area contributed by atoms with Gasteiger partial charge in [0.15, 0.2) is 24.4 Å². The molecule has 0 aromatic carbocycles. The highest BCUT2D eigenvalue weighted by Gasteiger charge is 2.63. The van der Waals surface area contributed by atoms with E-state index in [0.29, 0.717) is 0 Å². The summed E-state index contributed by atoms with van der Waals surface area (Å²) in [5, 5.41) is -1.17. The van der Waals surface area contributed by atoms with Crippen LogP contribution in [0, 0.1) is 0 Å². The van der Waals surface area contributed by atoms with Gasteiger partial charge in [-0.2, -0.15) is 0 Å². The van der Waals surface area contributed by atoms with Gasteiger partial charge in [0.1, 0.15) is 24.2 Å². The highest BCUT2D eigenvalue weighted by Crippen LogP contribution is 2.42. The Morgan fingerprint density at radius 2 is 1.26 bits per heavy atom. The van der Waals surface area contributed by atoms with Crippen molar-refractivity contribution in [1.29, 1.82) is 0 Å². The molecule has 2 aliphatic heterocycles. The maximum atomic E-state index is 12.0. The summed E-state index contributed by atoms with van der Waals surface area (Å²) in [4.78, 5) is 59.0. The number of rotatable bonds is 10. The third-order valence-electron chi connectivity index (χ3n) is 5.32. The Bertz CT molecular complexity index is 902. The summed E-state index contributed by atoms with van der Waals surface area (Å²) in [6.07, 6.45) is -9.38. The molecule has 216 valence electrons. The molecule has 0 radical (unpaired) electrons. The van der Waals surface area contributed by atoms with Gasteiger partial charge in [0.05, 0.1) is 11.8 Å². The number of carbonyl (C=O) groups is 5. The Morgan fingerprint density at radius 3 is 1.74 bits per heavy atom. The van der Waals surface area contributed by atoms with Crippen molar-refractivity contribution in [3.05, 3.63) is 0 Å². The lowest BCUT2D eigenvalue weighted by atomic mass is 10.0. The number of ether oxygens (including phenoxy) is 8. The monoisotopic (exact) mass is 606 g/mol. The van der Waals surface area contributed by atoms with Gasteiger partial charge < -0.3 is 37.9 Å². The molecule has 6 unspecified atom stereocenters. The lowest BCUT2D eigenvalue weighted by Crippen LogP contribution is -2.63. The van der Waals surface area contributed by atoms with Gasteiger partial charge >= 0.3 is 29.8 Å². The van der Waals surface area contributed by atoms with Crippen molar-refractivity contribution >= 4 is 64.6 Å². The van der Waals surface area contributed by atoms with Gasteiger partial charge in [0.25, 0.3) is 0 Å². The fourth-order valence-electron chi connectivity index (χ4n) is 3.99. The maximum absolute atomic E-state index is 12.0. The normalized spacial score (nSPS) is 34.6. The second-order valence-electron chi connectivity index (χ2n) is 8.42. The molecule has 0 spiro atoms. The van der Waals surface area contributed by atoms with Crippen LogP contribution in [0.25, 0.3) is 0 Å². The Balaban J connectivity index is 2.55. The molecule has 2 saturated heterocycles. The van der Waals surface area contributed by atoms with Crippen LogP contribution in [0.5, 0.6) is 0 Å². The number of hydrogen-bond donors (Lipinski definition) is 0. The molecule has 16 heteroatoms. The van der Waals surface area contributed by atoms with Crippen molar-refractivity contribution in [1.82, 2.24) is 0 Å². The minimum absolute atomic E-state index is 0.231. The van der Waals surface area contributed by atoms with Crippen molar-refractivity contribution < 1.29 is 61.9 Å². The number of hydrogen-bond acceptors (Lipinski definition) is 13. The fraction of sp³-hybridized carbons (Fsp3) is 0.773. The lowest BCUT2D eigenvalue weighted by Gasteiger charge is -2.45. The minimum Gasteiger partial charge on any atom is -0.463 e. The minimum atomic E-state index is -2.07. The van der Waals surface area contributed by atoms with E-state index < -0.39 is 96.4 Å². The highest BCUT2D eigenvalue weighted by atomic mass is 35.5. The number of halogens is 3. The molecule has 0 aliphatic carbocycles. The van der Waals surface area contributed by atoms with E-state index in [2.05, 4.69) is 0 Å². The second-order valence-corrected chi connectivity index (χ2v) is 9.50. The van der Waals surface area contributed by atoms with Gasteiger partial charge in [0, 0.05) is 34.6 Å². The SMILES string of the molecule is CC(=O)OCC1OC(O[C@]2(CCl)OC(CCl)[C@H](OC(C)=O)[C@H]2OC(C)=O)C(OC(C)=O)C(OC(C)=O)C1Cl. The molecule has 0 aromatic rings. The molecule has 2 heterocycles. The molecular formula is C22H29Cl3O13. The molecule has 0 aromatic heterocycles. The van der Waals surface area contributed by atoms with Crippen molar-refractivity contribution in [2.24, 2.45) is 0 Å². The third-order valence-corrected chi connectivity index (χ3v) is 6.53. The number of esters is 5.